The van der Waals surface area contributed by atoms with Gasteiger partial charge in [0.1, 0.15) is 17.2 Å². The molecule has 1 aromatic rings. The van der Waals surface area contributed by atoms with Crippen LogP contribution in [0.2, 0.25) is 0 Å². The number of carbonyl (C=O) groups excluding carboxylic acids is 3. The van der Waals surface area contributed by atoms with Crippen LogP contribution < -0.4 is 15.2 Å². The van der Waals surface area contributed by atoms with Gasteiger partial charge in [-0.15, -0.1) is 11.8 Å². The highest BCUT2D eigenvalue weighted by atomic mass is 32.2. The monoisotopic (exact) mass is 403 g/mol. The van der Waals surface area contributed by atoms with Crippen molar-refractivity contribution in [3.8, 4) is 5.75 Å². The molecule has 0 spiro atoms. The second-order valence-electron chi connectivity index (χ2n) is 8.17. The number of aliphatic carboxylic acids is 1. The van der Waals surface area contributed by atoms with E-state index >= 15 is 0 Å². The summed E-state index contributed by atoms with van der Waals surface area (Å²) in [6.45, 7) is 3.57. The lowest BCUT2D eigenvalue weighted by Gasteiger charge is -2.48. The number of carboxylic acid groups (broad SMARTS) is 1. The Balaban J connectivity index is 1.56. The van der Waals surface area contributed by atoms with Crippen LogP contribution in [0.4, 0.5) is 0 Å². The largest absolute Gasteiger partial charge is 0.548 e. The van der Waals surface area contributed by atoms with Gasteiger partial charge in [0, 0.05) is 10.3 Å². The Hall–Kier alpha value is -2.22. The van der Waals surface area contributed by atoms with Crippen molar-refractivity contribution in [1.29, 1.82) is 0 Å². The van der Waals surface area contributed by atoms with Crippen LogP contribution in [0.15, 0.2) is 24.3 Å². The molecule has 3 atom stereocenters. The van der Waals surface area contributed by atoms with Gasteiger partial charge in [-0.2, -0.15) is 0 Å². The van der Waals surface area contributed by atoms with Crippen molar-refractivity contribution >= 4 is 29.5 Å². The highest BCUT2D eigenvalue weighted by molar-refractivity contribution is 8.01. The first-order valence-electron chi connectivity index (χ1n) is 9.38. The highest BCUT2D eigenvalue weighted by Crippen LogP contribution is 2.52. The van der Waals surface area contributed by atoms with Crippen LogP contribution in [0.3, 0.4) is 0 Å². The molecule has 0 aromatic heterocycles. The van der Waals surface area contributed by atoms with Crippen molar-refractivity contribution in [3.63, 3.8) is 0 Å². The molecule has 1 aromatic carbocycles. The van der Waals surface area contributed by atoms with Gasteiger partial charge in [0.2, 0.25) is 11.8 Å². The van der Waals surface area contributed by atoms with E-state index in [2.05, 4.69) is 5.32 Å². The van der Waals surface area contributed by atoms with Gasteiger partial charge >= 0.3 is 0 Å². The minimum atomic E-state index is -1.26. The Labute approximate surface area is 167 Å². The summed E-state index contributed by atoms with van der Waals surface area (Å²) in [7, 11) is 1.58. The number of nitrogens with one attached hydrogen (secondary N) is 1. The third-order valence-electron chi connectivity index (χ3n) is 6.22. The number of carboxylic acids is 1. The molecule has 3 aliphatic rings. The Bertz CT molecular complexity index is 851. The minimum absolute atomic E-state index is 0.198. The predicted octanol–water partition coefficient (Wildman–Crippen LogP) is 0.414. The maximum atomic E-state index is 13.3. The molecule has 150 valence electrons. The minimum Gasteiger partial charge on any atom is -0.548 e. The van der Waals surface area contributed by atoms with E-state index in [1.807, 2.05) is 24.3 Å². The molecule has 1 N–H and O–H groups in total. The number of carbonyl (C=O) groups is 3. The van der Waals surface area contributed by atoms with Crippen LogP contribution in [0.5, 0.6) is 5.75 Å². The number of nitrogens with zero attached hydrogens (tertiary/aromatic N) is 1. The zero-order valence-electron chi connectivity index (χ0n) is 16.1. The number of β-lactam (4-membered cyclic amide) rings is 1. The molecule has 0 bridgehead atoms. The van der Waals surface area contributed by atoms with Crippen LogP contribution in [-0.2, 0) is 19.8 Å². The van der Waals surface area contributed by atoms with Crippen LogP contribution in [-0.4, -0.2) is 52.0 Å². The lowest BCUT2D eigenvalue weighted by molar-refractivity contribution is -0.312. The Morgan fingerprint density at radius 3 is 2.54 bits per heavy atom. The first kappa shape index (κ1) is 19.1. The van der Waals surface area contributed by atoms with Gasteiger partial charge in [-0.1, -0.05) is 24.6 Å². The van der Waals surface area contributed by atoms with Gasteiger partial charge in [0.15, 0.2) is 0 Å². The van der Waals surface area contributed by atoms with Gasteiger partial charge in [0.25, 0.3) is 0 Å². The van der Waals surface area contributed by atoms with E-state index in [1.165, 1.54) is 16.7 Å². The fourth-order valence-corrected chi connectivity index (χ4v) is 6.22. The fourth-order valence-electron chi connectivity index (χ4n) is 4.59. The Morgan fingerprint density at radius 2 is 1.96 bits per heavy atom. The zero-order chi connectivity index (χ0) is 20.3. The van der Waals surface area contributed by atoms with E-state index in [0.29, 0.717) is 18.6 Å². The number of amides is 2. The lowest BCUT2D eigenvalue weighted by atomic mass is 9.63. The van der Waals surface area contributed by atoms with Crippen molar-refractivity contribution in [2.75, 3.05) is 7.11 Å². The number of rotatable bonds is 5. The summed E-state index contributed by atoms with van der Waals surface area (Å²) in [5.74, 6) is -1.16. The normalized spacial score (nSPS) is 29.3. The summed E-state index contributed by atoms with van der Waals surface area (Å²) >= 11 is 1.39. The molecule has 8 heteroatoms. The molecule has 28 heavy (non-hydrogen) atoms. The Morgan fingerprint density at radius 1 is 1.29 bits per heavy atom. The quantitative estimate of drug-likeness (QED) is 0.715. The number of hydrogen-bond acceptors (Lipinski definition) is 6. The summed E-state index contributed by atoms with van der Waals surface area (Å²) in [6.07, 6.45) is 2.30. The summed E-state index contributed by atoms with van der Waals surface area (Å²) in [5.41, 5.74) is 0.122. The van der Waals surface area contributed by atoms with Crippen molar-refractivity contribution < 1.29 is 24.2 Å². The average molecular weight is 403 g/mol. The van der Waals surface area contributed by atoms with E-state index in [1.54, 1.807) is 21.0 Å². The predicted molar refractivity (Wildman–Crippen MR) is 102 cm³/mol. The summed E-state index contributed by atoms with van der Waals surface area (Å²) < 4.78 is 4.78. The van der Waals surface area contributed by atoms with Crippen LogP contribution in [0, 0.1) is 0 Å². The van der Waals surface area contributed by atoms with Crippen molar-refractivity contribution in [3.05, 3.63) is 29.8 Å². The molecular formula is C20H23N2O5S-. The molecule has 3 fully saturated rings. The highest BCUT2D eigenvalue weighted by Gasteiger charge is 2.63. The smallest absolute Gasteiger partial charge is 0.249 e. The third-order valence-corrected chi connectivity index (χ3v) is 7.79. The SMILES string of the molecule is COc1ccccc1C1(C(=O)N[C@@H]2C(=O)N3[C@H]2SC(C)(C)[C@H]3C(=O)[O-])CCC1. The molecule has 2 heterocycles. The van der Waals surface area contributed by atoms with Gasteiger partial charge in [0.05, 0.1) is 24.5 Å². The zero-order valence-corrected chi connectivity index (χ0v) is 16.9. The molecule has 2 aliphatic heterocycles. The Kier molecular flexibility index (Phi) is 4.37. The molecule has 1 aliphatic carbocycles. The number of methoxy groups -OCH3 is 1. The number of hydrogen-bond donors (Lipinski definition) is 1. The summed E-state index contributed by atoms with van der Waals surface area (Å²) in [6, 6.07) is 5.76. The number of para-hydroxylation sites is 1. The van der Waals surface area contributed by atoms with E-state index < -0.39 is 28.2 Å². The maximum Gasteiger partial charge on any atom is 0.249 e. The number of ether oxygens (including phenoxy) is 1. The number of benzene rings is 1. The molecule has 7 nitrogen and oxygen atoms in total. The average Bonchev–Trinajstić information content (AvgIpc) is 2.87. The van der Waals surface area contributed by atoms with Crippen molar-refractivity contribution in [2.45, 2.75) is 60.7 Å². The summed E-state index contributed by atoms with van der Waals surface area (Å²) in [5, 5.41) is 14.1. The molecule has 0 radical (unpaired) electrons. The van der Waals surface area contributed by atoms with E-state index in [0.717, 1.165) is 12.0 Å². The second kappa shape index (κ2) is 6.40. The van der Waals surface area contributed by atoms with Crippen LogP contribution in [0.1, 0.15) is 38.7 Å². The van der Waals surface area contributed by atoms with Gasteiger partial charge in [-0.25, -0.2) is 0 Å². The third kappa shape index (κ3) is 2.53. The van der Waals surface area contributed by atoms with Gasteiger partial charge in [-0.05, 0) is 32.8 Å². The molecule has 0 unspecified atom stereocenters. The van der Waals surface area contributed by atoms with Crippen molar-refractivity contribution in [2.24, 2.45) is 0 Å². The van der Waals surface area contributed by atoms with Gasteiger partial charge in [-0.3, -0.25) is 9.59 Å². The van der Waals surface area contributed by atoms with E-state index in [4.69, 9.17) is 4.74 Å². The first-order chi connectivity index (χ1) is 13.2. The molecule has 2 saturated heterocycles. The first-order valence-corrected chi connectivity index (χ1v) is 10.3. The molecule has 1 saturated carbocycles. The molecule has 4 rings (SSSR count). The second-order valence-corrected chi connectivity index (χ2v) is 9.94. The standard InChI is InChI=1S/C20H24N2O5S/c1-19(2)14(17(24)25)22-15(23)13(16(22)28-19)21-18(26)20(9-6-10-20)11-7-4-5-8-12(11)27-3/h4-5,7-8,13-14,16H,6,9-10H2,1-3H3,(H,21,26)(H,24,25)/p-1/t13-,14-,16+/m1/s1. The lowest BCUT2D eigenvalue weighted by Crippen LogP contribution is -2.73. The molecular weight excluding hydrogens is 380 g/mol. The summed E-state index contributed by atoms with van der Waals surface area (Å²) in [4.78, 5) is 38.8. The topological polar surface area (TPSA) is 98.8 Å². The van der Waals surface area contributed by atoms with E-state index in [9.17, 15) is 19.5 Å². The molecule has 2 amide bonds. The van der Waals surface area contributed by atoms with Crippen molar-refractivity contribution in [1.82, 2.24) is 10.2 Å². The van der Waals surface area contributed by atoms with Crippen LogP contribution in [0.25, 0.3) is 0 Å². The number of fused-ring (bicyclic) bond motifs is 1. The van der Waals surface area contributed by atoms with Gasteiger partial charge < -0.3 is 24.9 Å². The van der Waals surface area contributed by atoms with E-state index in [-0.39, 0.29) is 17.2 Å². The van der Waals surface area contributed by atoms with Crippen LogP contribution >= 0.6 is 11.8 Å². The fraction of sp³-hybridized carbons (Fsp3) is 0.550. The number of thioether (sulfide) groups is 1. The maximum absolute atomic E-state index is 13.3.